The summed E-state index contributed by atoms with van der Waals surface area (Å²) in [6.07, 6.45) is 1.67. The van der Waals surface area contributed by atoms with E-state index in [0.29, 0.717) is 22.1 Å². The van der Waals surface area contributed by atoms with Crippen molar-refractivity contribution in [1.82, 2.24) is 0 Å². The van der Waals surface area contributed by atoms with Gasteiger partial charge in [0.15, 0.2) is 17.3 Å². The molecular weight excluding hydrogens is 357 g/mol. The molecule has 26 heavy (non-hydrogen) atoms. The van der Waals surface area contributed by atoms with Gasteiger partial charge in [-0.2, -0.15) is 0 Å². The molecule has 2 aromatic carbocycles. The quantitative estimate of drug-likeness (QED) is 0.648. The summed E-state index contributed by atoms with van der Waals surface area (Å²) in [5.74, 6) is 1.68. The van der Waals surface area contributed by atoms with Crippen LogP contribution in [0.15, 0.2) is 59.2 Å². The van der Waals surface area contributed by atoms with Crippen LogP contribution < -0.4 is 14.8 Å². The van der Waals surface area contributed by atoms with E-state index in [0.717, 1.165) is 24.4 Å². The molecule has 0 amide bonds. The number of furan rings is 1. The summed E-state index contributed by atoms with van der Waals surface area (Å²) in [7, 11) is 1.58. The number of quaternary nitrogens is 1. The van der Waals surface area contributed by atoms with Crippen molar-refractivity contribution in [2.75, 3.05) is 7.11 Å². The van der Waals surface area contributed by atoms with Gasteiger partial charge in [0, 0.05) is 11.1 Å². The summed E-state index contributed by atoms with van der Waals surface area (Å²) >= 11 is 6.03. The van der Waals surface area contributed by atoms with Gasteiger partial charge in [-0.3, -0.25) is 0 Å². The van der Waals surface area contributed by atoms with Crippen molar-refractivity contribution in [2.45, 2.75) is 19.7 Å². The van der Waals surface area contributed by atoms with E-state index in [2.05, 4.69) is 5.32 Å². The van der Waals surface area contributed by atoms with E-state index in [9.17, 15) is 4.39 Å². The largest absolute Gasteiger partial charge is 0.493 e. The number of hydrogen-bond acceptors (Lipinski definition) is 3. The maximum atomic E-state index is 13.8. The molecule has 0 saturated carbocycles. The van der Waals surface area contributed by atoms with Gasteiger partial charge >= 0.3 is 0 Å². The molecule has 0 spiro atoms. The lowest BCUT2D eigenvalue weighted by Crippen LogP contribution is -2.80. The fourth-order valence-corrected chi connectivity index (χ4v) is 2.81. The molecule has 0 fully saturated rings. The number of rotatable bonds is 8. The van der Waals surface area contributed by atoms with Gasteiger partial charge < -0.3 is 19.2 Å². The predicted molar refractivity (Wildman–Crippen MR) is 96.8 cm³/mol. The van der Waals surface area contributed by atoms with E-state index < -0.39 is 0 Å². The van der Waals surface area contributed by atoms with Gasteiger partial charge in [0.25, 0.3) is 0 Å². The smallest absolute Gasteiger partial charge is 0.161 e. The highest BCUT2D eigenvalue weighted by Crippen LogP contribution is 2.30. The van der Waals surface area contributed by atoms with Crippen LogP contribution in [-0.4, -0.2) is 7.11 Å². The Morgan fingerprint density at radius 2 is 1.96 bits per heavy atom. The third-order valence-electron chi connectivity index (χ3n) is 3.97. The summed E-state index contributed by atoms with van der Waals surface area (Å²) < 4.78 is 30.3. The van der Waals surface area contributed by atoms with E-state index >= 15 is 0 Å². The van der Waals surface area contributed by atoms with E-state index in [-0.39, 0.29) is 12.4 Å². The Bertz CT molecular complexity index is 832. The molecule has 0 unspecified atom stereocenters. The van der Waals surface area contributed by atoms with Crippen LogP contribution in [0.1, 0.15) is 16.9 Å². The fraction of sp³-hybridized carbons (Fsp3) is 0.200. The second kappa shape index (κ2) is 8.74. The Kier molecular flexibility index (Phi) is 6.15. The minimum absolute atomic E-state index is 0.0336. The zero-order valence-electron chi connectivity index (χ0n) is 14.4. The normalized spacial score (nSPS) is 10.7. The van der Waals surface area contributed by atoms with Crippen molar-refractivity contribution in [3.05, 3.63) is 82.5 Å². The first-order valence-corrected chi connectivity index (χ1v) is 8.62. The molecule has 136 valence electrons. The lowest BCUT2D eigenvalue weighted by molar-refractivity contribution is -0.688. The van der Waals surface area contributed by atoms with Crippen LogP contribution in [0.4, 0.5) is 4.39 Å². The Hall–Kier alpha value is -2.50. The van der Waals surface area contributed by atoms with E-state index in [1.165, 1.54) is 6.07 Å². The van der Waals surface area contributed by atoms with Crippen molar-refractivity contribution in [3.8, 4) is 11.5 Å². The fourth-order valence-electron chi connectivity index (χ4n) is 2.59. The van der Waals surface area contributed by atoms with E-state index in [4.69, 9.17) is 25.5 Å². The lowest BCUT2D eigenvalue weighted by Gasteiger charge is -2.13. The van der Waals surface area contributed by atoms with Crippen LogP contribution in [0.5, 0.6) is 11.5 Å². The number of hydrogen-bond donors (Lipinski definition) is 1. The Morgan fingerprint density at radius 1 is 1.08 bits per heavy atom. The molecule has 0 aliphatic carbocycles. The zero-order chi connectivity index (χ0) is 18.4. The molecule has 0 aliphatic heterocycles. The van der Waals surface area contributed by atoms with Gasteiger partial charge in [-0.05, 0) is 42.5 Å². The van der Waals surface area contributed by atoms with Gasteiger partial charge in [-0.25, -0.2) is 4.39 Å². The molecule has 0 atom stereocenters. The van der Waals surface area contributed by atoms with E-state index in [1.54, 1.807) is 25.5 Å². The maximum Gasteiger partial charge on any atom is 0.161 e. The molecule has 0 aliphatic rings. The number of halogens is 2. The molecule has 1 heterocycles. The number of nitrogens with two attached hydrogens (primary N) is 1. The first kappa shape index (κ1) is 18.3. The van der Waals surface area contributed by atoms with Gasteiger partial charge in [0.1, 0.15) is 25.5 Å². The molecule has 2 N–H and O–H groups in total. The molecule has 6 heteroatoms. The van der Waals surface area contributed by atoms with Crippen molar-refractivity contribution < 1.29 is 23.6 Å². The van der Waals surface area contributed by atoms with Crippen molar-refractivity contribution >= 4 is 11.6 Å². The molecule has 0 bridgehead atoms. The van der Waals surface area contributed by atoms with Crippen LogP contribution >= 0.6 is 11.6 Å². The molecule has 0 radical (unpaired) electrons. The molecule has 3 rings (SSSR count). The average Bonchev–Trinajstić information content (AvgIpc) is 3.15. The van der Waals surface area contributed by atoms with E-state index in [1.807, 2.05) is 30.3 Å². The Balaban J connectivity index is 1.63. The van der Waals surface area contributed by atoms with Crippen LogP contribution in [0.25, 0.3) is 0 Å². The summed E-state index contributed by atoms with van der Waals surface area (Å²) in [5.41, 5.74) is 1.41. The standard InChI is InChI=1S/C20H19ClFNO3/c1-24-20-10-14(11-23-12-15-4-3-9-25-15)7-8-19(20)26-13-16-17(21)5-2-6-18(16)22/h2-10,23H,11-13H2,1H3/p+1. The first-order valence-electron chi connectivity index (χ1n) is 8.24. The first-order chi connectivity index (χ1) is 12.7. The summed E-state index contributed by atoms with van der Waals surface area (Å²) in [6.45, 7) is 1.57. The van der Waals surface area contributed by atoms with Crippen LogP contribution in [0.2, 0.25) is 5.02 Å². The molecule has 4 nitrogen and oxygen atoms in total. The second-order valence-corrected chi connectivity index (χ2v) is 6.16. The third kappa shape index (κ3) is 4.56. The Morgan fingerprint density at radius 3 is 2.69 bits per heavy atom. The average molecular weight is 377 g/mol. The van der Waals surface area contributed by atoms with Crippen molar-refractivity contribution in [3.63, 3.8) is 0 Å². The van der Waals surface area contributed by atoms with Crippen molar-refractivity contribution in [1.29, 1.82) is 0 Å². The summed E-state index contributed by atoms with van der Waals surface area (Å²) in [4.78, 5) is 0. The van der Waals surface area contributed by atoms with Crippen LogP contribution in [0.3, 0.4) is 0 Å². The SMILES string of the molecule is COc1cc(C[NH2+]Cc2ccco2)ccc1OCc1c(F)cccc1Cl. The maximum absolute atomic E-state index is 13.8. The van der Waals surface area contributed by atoms with Gasteiger partial charge in [-0.1, -0.05) is 17.7 Å². The summed E-state index contributed by atoms with van der Waals surface area (Å²) in [5, 5.41) is 2.47. The third-order valence-corrected chi connectivity index (χ3v) is 4.32. The zero-order valence-corrected chi connectivity index (χ0v) is 15.1. The summed E-state index contributed by atoms with van der Waals surface area (Å²) in [6, 6.07) is 14.1. The molecule has 3 aromatic rings. The Labute approximate surface area is 156 Å². The highest BCUT2D eigenvalue weighted by atomic mass is 35.5. The van der Waals surface area contributed by atoms with Gasteiger partial charge in [-0.15, -0.1) is 0 Å². The molecular formula is C20H20ClFNO3+. The van der Waals surface area contributed by atoms with Gasteiger partial charge in [0.2, 0.25) is 0 Å². The highest BCUT2D eigenvalue weighted by molar-refractivity contribution is 6.31. The minimum Gasteiger partial charge on any atom is -0.493 e. The number of ether oxygens (including phenoxy) is 2. The highest BCUT2D eigenvalue weighted by Gasteiger charge is 2.11. The van der Waals surface area contributed by atoms with Crippen LogP contribution in [0, 0.1) is 5.82 Å². The lowest BCUT2D eigenvalue weighted by atomic mass is 10.2. The monoisotopic (exact) mass is 376 g/mol. The topological polar surface area (TPSA) is 48.2 Å². The number of benzene rings is 2. The molecule has 0 saturated heterocycles. The molecule has 1 aromatic heterocycles. The second-order valence-electron chi connectivity index (χ2n) is 5.75. The minimum atomic E-state index is -0.388. The van der Waals surface area contributed by atoms with Crippen LogP contribution in [-0.2, 0) is 19.7 Å². The van der Waals surface area contributed by atoms with Crippen molar-refractivity contribution in [2.24, 2.45) is 0 Å². The number of methoxy groups -OCH3 is 1. The van der Waals surface area contributed by atoms with Gasteiger partial charge in [0.05, 0.1) is 18.4 Å². The predicted octanol–water partition coefficient (Wildman–Crippen LogP) is 3.92.